The van der Waals surface area contributed by atoms with Gasteiger partial charge >= 0.3 is 0 Å². The van der Waals surface area contributed by atoms with Crippen LogP contribution in [0, 0.1) is 5.92 Å². The summed E-state index contributed by atoms with van der Waals surface area (Å²) in [4.78, 5) is 35.2. The Morgan fingerprint density at radius 3 is 2.83 bits per heavy atom. The van der Waals surface area contributed by atoms with Gasteiger partial charge in [-0.05, 0) is 30.5 Å². The lowest BCUT2D eigenvalue weighted by atomic mass is 10.0. The first kappa shape index (κ1) is 17.0. The van der Waals surface area contributed by atoms with Gasteiger partial charge in [0.2, 0.25) is 5.91 Å². The minimum absolute atomic E-state index is 0.0170. The molecule has 1 aliphatic rings. The second kappa shape index (κ2) is 7.76. The van der Waals surface area contributed by atoms with Crippen LogP contribution >= 0.6 is 0 Å². The van der Waals surface area contributed by atoms with Crippen LogP contribution in [0.4, 0.5) is 5.69 Å². The van der Waals surface area contributed by atoms with Crippen molar-refractivity contribution in [2.24, 2.45) is 5.92 Å². The third kappa shape index (κ3) is 5.09. The molecular weight excluding hydrogens is 296 g/mol. The van der Waals surface area contributed by atoms with Crippen molar-refractivity contribution in [3.63, 3.8) is 0 Å². The van der Waals surface area contributed by atoms with Crippen LogP contribution < -0.4 is 15.4 Å². The van der Waals surface area contributed by atoms with Gasteiger partial charge in [-0.25, -0.2) is 0 Å². The summed E-state index contributed by atoms with van der Waals surface area (Å²) < 4.78 is 5.24. The maximum Gasteiger partial charge on any atom is 0.262 e. The average molecular weight is 318 g/mol. The highest BCUT2D eigenvalue weighted by Crippen LogP contribution is 2.28. The number of ether oxygens (including phenoxy) is 1. The first-order chi connectivity index (χ1) is 11.0. The SMILES string of the molecule is CC(C)CCNC(=O)CCC(=O)c1ccc2c(c1)NC(=O)CO2. The van der Waals surface area contributed by atoms with Crippen molar-refractivity contribution in [3.8, 4) is 5.75 Å². The number of Topliss-reactive ketones (excluding diaryl/α,β-unsaturated/α-hetero) is 1. The van der Waals surface area contributed by atoms with E-state index in [1.807, 2.05) is 0 Å². The second-order valence-electron chi connectivity index (χ2n) is 6.00. The fourth-order valence-corrected chi connectivity index (χ4v) is 2.22. The normalized spacial score (nSPS) is 13.1. The third-order valence-corrected chi connectivity index (χ3v) is 3.56. The summed E-state index contributed by atoms with van der Waals surface area (Å²) in [5, 5.41) is 5.47. The maximum absolute atomic E-state index is 12.2. The van der Waals surface area contributed by atoms with E-state index in [2.05, 4.69) is 24.5 Å². The molecular formula is C17H22N2O4. The van der Waals surface area contributed by atoms with E-state index in [0.29, 0.717) is 29.5 Å². The molecule has 0 unspecified atom stereocenters. The molecule has 1 aromatic rings. The van der Waals surface area contributed by atoms with Gasteiger partial charge in [-0.15, -0.1) is 0 Å². The Kier molecular flexibility index (Phi) is 5.73. The van der Waals surface area contributed by atoms with Crippen molar-refractivity contribution in [2.75, 3.05) is 18.5 Å². The summed E-state index contributed by atoms with van der Waals surface area (Å²) in [5.74, 6) is 0.587. The van der Waals surface area contributed by atoms with Crippen molar-refractivity contribution in [1.82, 2.24) is 5.32 Å². The van der Waals surface area contributed by atoms with Crippen LogP contribution in [-0.2, 0) is 9.59 Å². The van der Waals surface area contributed by atoms with E-state index < -0.39 is 0 Å². The van der Waals surface area contributed by atoms with Crippen molar-refractivity contribution >= 4 is 23.3 Å². The molecule has 23 heavy (non-hydrogen) atoms. The zero-order chi connectivity index (χ0) is 16.8. The summed E-state index contributed by atoms with van der Waals surface area (Å²) in [6.07, 6.45) is 1.22. The van der Waals surface area contributed by atoms with Crippen LogP contribution in [0.15, 0.2) is 18.2 Å². The Morgan fingerprint density at radius 1 is 1.30 bits per heavy atom. The van der Waals surface area contributed by atoms with Gasteiger partial charge in [0, 0.05) is 24.9 Å². The van der Waals surface area contributed by atoms with E-state index in [1.165, 1.54) is 0 Å². The molecule has 0 atom stereocenters. The van der Waals surface area contributed by atoms with Crippen LogP contribution in [0.2, 0.25) is 0 Å². The molecule has 2 N–H and O–H groups in total. The van der Waals surface area contributed by atoms with E-state index in [1.54, 1.807) is 18.2 Å². The maximum atomic E-state index is 12.2. The Balaban J connectivity index is 1.85. The lowest BCUT2D eigenvalue weighted by Gasteiger charge is -2.18. The number of benzene rings is 1. The number of nitrogens with one attached hydrogen (secondary N) is 2. The molecule has 1 aromatic carbocycles. The molecule has 0 spiro atoms. The molecule has 0 saturated heterocycles. The summed E-state index contributed by atoms with van der Waals surface area (Å²) >= 11 is 0. The second-order valence-corrected chi connectivity index (χ2v) is 6.00. The molecule has 1 heterocycles. The fraction of sp³-hybridized carbons (Fsp3) is 0.471. The summed E-state index contributed by atoms with van der Waals surface area (Å²) in [6.45, 7) is 4.80. The zero-order valence-corrected chi connectivity index (χ0v) is 13.5. The number of hydrogen-bond donors (Lipinski definition) is 2. The Morgan fingerprint density at radius 2 is 2.09 bits per heavy atom. The third-order valence-electron chi connectivity index (χ3n) is 3.56. The number of hydrogen-bond acceptors (Lipinski definition) is 4. The highest BCUT2D eigenvalue weighted by atomic mass is 16.5. The van der Waals surface area contributed by atoms with E-state index in [-0.39, 0.29) is 37.0 Å². The van der Waals surface area contributed by atoms with Gasteiger partial charge in [-0.2, -0.15) is 0 Å². The summed E-state index contributed by atoms with van der Waals surface area (Å²) in [7, 11) is 0. The van der Waals surface area contributed by atoms with E-state index in [4.69, 9.17) is 4.74 Å². The molecule has 6 nitrogen and oxygen atoms in total. The molecule has 6 heteroatoms. The molecule has 124 valence electrons. The molecule has 0 bridgehead atoms. The number of amides is 2. The van der Waals surface area contributed by atoms with Gasteiger partial charge in [-0.3, -0.25) is 14.4 Å². The molecule has 1 aliphatic heterocycles. The average Bonchev–Trinajstić information content (AvgIpc) is 2.51. The largest absolute Gasteiger partial charge is 0.482 e. The minimum Gasteiger partial charge on any atom is -0.482 e. The van der Waals surface area contributed by atoms with E-state index >= 15 is 0 Å². The summed E-state index contributed by atoms with van der Waals surface area (Å²) in [6, 6.07) is 4.89. The summed E-state index contributed by atoms with van der Waals surface area (Å²) in [5.41, 5.74) is 0.956. The van der Waals surface area contributed by atoms with Gasteiger partial charge in [0.05, 0.1) is 5.69 Å². The highest BCUT2D eigenvalue weighted by molar-refractivity contribution is 6.01. The van der Waals surface area contributed by atoms with Crippen LogP contribution in [0.3, 0.4) is 0 Å². The Hall–Kier alpha value is -2.37. The molecule has 2 amide bonds. The van der Waals surface area contributed by atoms with Crippen LogP contribution in [-0.4, -0.2) is 30.7 Å². The minimum atomic E-state index is -0.244. The van der Waals surface area contributed by atoms with Gasteiger partial charge in [0.1, 0.15) is 5.75 Å². The van der Waals surface area contributed by atoms with E-state index in [0.717, 1.165) is 6.42 Å². The molecule has 2 rings (SSSR count). The van der Waals surface area contributed by atoms with Gasteiger partial charge < -0.3 is 15.4 Å². The Labute approximate surface area is 135 Å². The van der Waals surface area contributed by atoms with Gasteiger partial charge in [-0.1, -0.05) is 13.8 Å². The van der Waals surface area contributed by atoms with Gasteiger partial charge in [0.25, 0.3) is 5.91 Å². The number of rotatable bonds is 7. The first-order valence-corrected chi connectivity index (χ1v) is 7.82. The monoisotopic (exact) mass is 318 g/mol. The Bertz CT molecular complexity index is 611. The highest BCUT2D eigenvalue weighted by Gasteiger charge is 2.18. The molecule has 0 saturated carbocycles. The van der Waals surface area contributed by atoms with Gasteiger partial charge in [0.15, 0.2) is 12.4 Å². The number of carbonyl (C=O) groups excluding carboxylic acids is 3. The smallest absolute Gasteiger partial charge is 0.262 e. The lowest BCUT2D eigenvalue weighted by Crippen LogP contribution is -2.26. The van der Waals surface area contributed by atoms with Crippen molar-refractivity contribution in [1.29, 1.82) is 0 Å². The lowest BCUT2D eigenvalue weighted by molar-refractivity contribution is -0.121. The predicted octanol–water partition coefficient (Wildman–Crippen LogP) is 2.14. The standard InChI is InChI=1S/C17H22N2O4/c1-11(2)7-8-18-16(21)6-4-14(20)12-3-5-15-13(9-12)19-17(22)10-23-15/h3,5,9,11H,4,6-8,10H2,1-2H3,(H,18,21)(H,19,22). The first-order valence-electron chi connectivity index (χ1n) is 7.82. The number of ketones is 1. The quantitative estimate of drug-likeness (QED) is 0.754. The molecule has 0 radical (unpaired) electrons. The van der Waals surface area contributed by atoms with Crippen molar-refractivity contribution in [3.05, 3.63) is 23.8 Å². The van der Waals surface area contributed by atoms with Crippen molar-refractivity contribution < 1.29 is 19.1 Å². The number of anilines is 1. The number of fused-ring (bicyclic) bond motifs is 1. The van der Waals surface area contributed by atoms with Crippen molar-refractivity contribution in [2.45, 2.75) is 33.1 Å². The topological polar surface area (TPSA) is 84.5 Å². The van der Waals surface area contributed by atoms with Crippen LogP contribution in [0.5, 0.6) is 5.75 Å². The van der Waals surface area contributed by atoms with Crippen LogP contribution in [0.1, 0.15) is 43.5 Å². The molecule has 0 fully saturated rings. The molecule has 0 aromatic heterocycles. The molecule has 0 aliphatic carbocycles. The predicted molar refractivity (Wildman–Crippen MR) is 86.6 cm³/mol. The van der Waals surface area contributed by atoms with E-state index in [9.17, 15) is 14.4 Å². The fourth-order valence-electron chi connectivity index (χ4n) is 2.22. The number of carbonyl (C=O) groups is 3. The van der Waals surface area contributed by atoms with Crippen LogP contribution in [0.25, 0.3) is 0 Å². The zero-order valence-electron chi connectivity index (χ0n) is 13.5.